The second kappa shape index (κ2) is 6.32. The van der Waals surface area contributed by atoms with Gasteiger partial charge in [0.1, 0.15) is 0 Å². The third-order valence-corrected chi connectivity index (χ3v) is 4.90. The molecular weight excluding hydrogens is 246 g/mol. The largest absolute Gasteiger partial charge is 0.481 e. The van der Waals surface area contributed by atoms with E-state index in [-0.39, 0.29) is 19.2 Å². The third kappa shape index (κ3) is 4.25. The summed E-state index contributed by atoms with van der Waals surface area (Å²) in [5, 5.41) is 17.4. The Morgan fingerprint density at radius 3 is 2.35 bits per heavy atom. The van der Waals surface area contributed by atoms with Crippen LogP contribution in [0.3, 0.4) is 0 Å². The van der Waals surface area contributed by atoms with Crippen LogP contribution in [0.25, 0.3) is 0 Å². The van der Waals surface area contributed by atoms with E-state index in [0.29, 0.717) is 0 Å². The maximum Gasteiger partial charge on any atom is 0.304 e. The molecule has 7 heteroatoms. The number of carboxylic acid groups (broad SMARTS) is 1. The summed E-state index contributed by atoms with van der Waals surface area (Å²) in [6.45, 7) is -0.171. The van der Waals surface area contributed by atoms with E-state index in [1.54, 1.807) is 0 Å². The van der Waals surface area contributed by atoms with E-state index < -0.39 is 28.2 Å². The molecular formula is C10H19NO5S. The molecule has 0 unspecified atom stereocenters. The Labute approximate surface area is 101 Å². The standard InChI is InChI=1S/C10H19NO5S/c12-7-6-11(9-3-1-2-4-9)17(15,16)8-5-10(13)14/h9,12H,1-8H2,(H,13,14). The average Bonchev–Trinajstić information content (AvgIpc) is 2.76. The van der Waals surface area contributed by atoms with Crippen LogP contribution in [0, 0.1) is 0 Å². The maximum absolute atomic E-state index is 12.0. The van der Waals surface area contributed by atoms with E-state index in [1.165, 1.54) is 4.31 Å². The predicted molar refractivity (Wildman–Crippen MR) is 62.1 cm³/mol. The van der Waals surface area contributed by atoms with Crippen LogP contribution in [0.5, 0.6) is 0 Å². The van der Waals surface area contributed by atoms with Gasteiger partial charge in [0.25, 0.3) is 0 Å². The van der Waals surface area contributed by atoms with Gasteiger partial charge in [0.15, 0.2) is 0 Å². The fraction of sp³-hybridized carbons (Fsp3) is 0.900. The first-order chi connectivity index (χ1) is 7.97. The normalized spacial score (nSPS) is 17.8. The first-order valence-electron chi connectivity index (χ1n) is 5.79. The Hall–Kier alpha value is -0.660. The van der Waals surface area contributed by atoms with Crippen LogP contribution in [-0.4, -0.2) is 53.9 Å². The topological polar surface area (TPSA) is 94.9 Å². The van der Waals surface area contributed by atoms with Gasteiger partial charge in [-0.3, -0.25) is 4.79 Å². The summed E-state index contributed by atoms with van der Waals surface area (Å²) in [6.07, 6.45) is 3.18. The summed E-state index contributed by atoms with van der Waals surface area (Å²) in [5.41, 5.74) is 0. The molecule has 1 aliphatic rings. The predicted octanol–water partition coefficient (Wildman–Crippen LogP) is 0.0278. The van der Waals surface area contributed by atoms with Gasteiger partial charge >= 0.3 is 5.97 Å². The van der Waals surface area contributed by atoms with E-state index in [2.05, 4.69) is 0 Å². The smallest absolute Gasteiger partial charge is 0.304 e. The highest BCUT2D eigenvalue weighted by Crippen LogP contribution is 2.25. The minimum absolute atomic E-state index is 0.0621. The van der Waals surface area contributed by atoms with Gasteiger partial charge in [-0.1, -0.05) is 12.8 Å². The van der Waals surface area contributed by atoms with Crippen LogP contribution < -0.4 is 0 Å². The number of nitrogens with zero attached hydrogens (tertiary/aromatic N) is 1. The molecule has 0 aromatic carbocycles. The Bertz CT molecular complexity index is 348. The van der Waals surface area contributed by atoms with Gasteiger partial charge < -0.3 is 10.2 Å². The molecule has 0 aromatic rings. The fourth-order valence-corrected chi connectivity index (χ4v) is 3.87. The summed E-state index contributed by atoms with van der Waals surface area (Å²) >= 11 is 0. The van der Waals surface area contributed by atoms with Gasteiger partial charge in [-0.15, -0.1) is 0 Å². The van der Waals surface area contributed by atoms with E-state index in [9.17, 15) is 13.2 Å². The molecule has 2 N–H and O–H groups in total. The molecule has 0 aliphatic heterocycles. The summed E-state index contributed by atoms with van der Waals surface area (Å²) in [7, 11) is -3.57. The summed E-state index contributed by atoms with van der Waals surface area (Å²) in [6, 6.07) is -0.0686. The number of carboxylic acids is 1. The quantitative estimate of drug-likeness (QED) is 0.677. The second-order valence-electron chi connectivity index (χ2n) is 4.23. The molecule has 0 atom stereocenters. The molecule has 1 rings (SSSR count). The van der Waals surface area contributed by atoms with Gasteiger partial charge in [-0.2, -0.15) is 4.31 Å². The Morgan fingerprint density at radius 2 is 1.88 bits per heavy atom. The number of aliphatic hydroxyl groups is 1. The summed E-state index contributed by atoms with van der Waals surface area (Å²) in [5.74, 6) is -1.51. The van der Waals surface area contributed by atoms with Crippen molar-refractivity contribution in [2.45, 2.75) is 38.1 Å². The number of sulfonamides is 1. The van der Waals surface area contributed by atoms with Gasteiger partial charge in [0.2, 0.25) is 10.0 Å². The highest BCUT2D eigenvalue weighted by atomic mass is 32.2. The SMILES string of the molecule is O=C(O)CCS(=O)(=O)N(CCO)C1CCCC1. The molecule has 17 heavy (non-hydrogen) atoms. The minimum atomic E-state index is -3.57. The Kier molecular flexibility index (Phi) is 5.35. The average molecular weight is 265 g/mol. The van der Waals surface area contributed by atoms with E-state index in [1.807, 2.05) is 0 Å². The number of aliphatic hydroxyl groups excluding tert-OH is 1. The molecule has 0 saturated heterocycles. The van der Waals surface area contributed by atoms with Crippen LogP contribution in [0.1, 0.15) is 32.1 Å². The maximum atomic E-state index is 12.0. The lowest BCUT2D eigenvalue weighted by molar-refractivity contribution is -0.136. The van der Waals surface area contributed by atoms with E-state index >= 15 is 0 Å². The molecule has 0 spiro atoms. The van der Waals surface area contributed by atoms with Crippen LogP contribution >= 0.6 is 0 Å². The zero-order valence-corrected chi connectivity index (χ0v) is 10.5. The molecule has 1 saturated carbocycles. The molecule has 1 fully saturated rings. The first-order valence-corrected chi connectivity index (χ1v) is 7.40. The molecule has 0 heterocycles. The van der Waals surface area contributed by atoms with E-state index in [0.717, 1.165) is 25.7 Å². The van der Waals surface area contributed by atoms with Crippen LogP contribution in [0.2, 0.25) is 0 Å². The monoisotopic (exact) mass is 265 g/mol. The van der Waals surface area contributed by atoms with Gasteiger partial charge in [0, 0.05) is 12.6 Å². The molecule has 0 aromatic heterocycles. The van der Waals surface area contributed by atoms with Gasteiger partial charge in [-0.05, 0) is 12.8 Å². The number of rotatable bonds is 7. The number of hydrogen-bond acceptors (Lipinski definition) is 4. The third-order valence-electron chi connectivity index (χ3n) is 2.98. The highest BCUT2D eigenvalue weighted by Gasteiger charge is 2.31. The van der Waals surface area contributed by atoms with Crippen molar-refractivity contribution in [3.05, 3.63) is 0 Å². The van der Waals surface area contributed by atoms with Crippen LogP contribution in [0.15, 0.2) is 0 Å². The lowest BCUT2D eigenvalue weighted by Gasteiger charge is -2.27. The summed E-state index contributed by atoms with van der Waals surface area (Å²) in [4.78, 5) is 10.4. The van der Waals surface area contributed by atoms with Crippen molar-refractivity contribution in [2.24, 2.45) is 0 Å². The lowest BCUT2D eigenvalue weighted by Crippen LogP contribution is -2.42. The lowest BCUT2D eigenvalue weighted by atomic mass is 10.2. The minimum Gasteiger partial charge on any atom is -0.481 e. The molecule has 1 aliphatic carbocycles. The van der Waals surface area contributed by atoms with Crippen molar-refractivity contribution in [1.82, 2.24) is 4.31 Å². The Morgan fingerprint density at radius 1 is 1.29 bits per heavy atom. The highest BCUT2D eigenvalue weighted by molar-refractivity contribution is 7.89. The molecule has 6 nitrogen and oxygen atoms in total. The molecule has 0 radical (unpaired) electrons. The van der Waals surface area contributed by atoms with Crippen molar-refractivity contribution in [3.8, 4) is 0 Å². The zero-order chi connectivity index (χ0) is 12.9. The van der Waals surface area contributed by atoms with Gasteiger partial charge in [-0.25, -0.2) is 8.42 Å². The fourth-order valence-electron chi connectivity index (χ4n) is 2.17. The zero-order valence-electron chi connectivity index (χ0n) is 9.71. The number of aliphatic carboxylic acids is 1. The van der Waals surface area contributed by atoms with E-state index in [4.69, 9.17) is 10.2 Å². The first kappa shape index (κ1) is 14.4. The summed E-state index contributed by atoms with van der Waals surface area (Å²) < 4.78 is 25.2. The van der Waals surface area contributed by atoms with Crippen LogP contribution in [-0.2, 0) is 14.8 Å². The van der Waals surface area contributed by atoms with Crippen molar-refractivity contribution >= 4 is 16.0 Å². The molecule has 100 valence electrons. The van der Waals surface area contributed by atoms with Crippen molar-refractivity contribution in [2.75, 3.05) is 18.9 Å². The number of carbonyl (C=O) groups is 1. The van der Waals surface area contributed by atoms with Crippen molar-refractivity contribution in [3.63, 3.8) is 0 Å². The van der Waals surface area contributed by atoms with Crippen molar-refractivity contribution in [1.29, 1.82) is 0 Å². The van der Waals surface area contributed by atoms with Crippen LogP contribution in [0.4, 0.5) is 0 Å². The molecule has 0 bridgehead atoms. The number of hydrogen-bond donors (Lipinski definition) is 2. The van der Waals surface area contributed by atoms with Crippen molar-refractivity contribution < 1.29 is 23.4 Å². The van der Waals surface area contributed by atoms with Gasteiger partial charge in [0.05, 0.1) is 18.8 Å². The second-order valence-corrected chi connectivity index (χ2v) is 6.27. The Balaban J connectivity index is 2.70. The molecule has 0 amide bonds.